The Morgan fingerprint density at radius 1 is 1.67 bits per heavy atom. The maximum absolute atomic E-state index is 4.61. The van der Waals surface area contributed by atoms with Crippen LogP contribution in [0.4, 0.5) is 0 Å². The minimum atomic E-state index is 0.417. The summed E-state index contributed by atoms with van der Waals surface area (Å²) < 4.78 is 0. The molecule has 0 unspecified atom stereocenters. The molecule has 0 aromatic heterocycles. The fourth-order valence-corrected chi connectivity index (χ4v) is 0. The Labute approximate surface area is 62.6 Å². The monoisotopic (exact) mass is 592 g/mol. The molecule has 3 heteroatoms. The van der Waals surface area contributed by atoms with Gasteiger partial charge < -0.3 is 19.6 Å². The normalized spacial score (nSPS) is 4.00. The third-order valence-corrected chi connectivity index (χ3v) is 0. The van der Waals surface area contributed by atoms with Gasteiger partial charge in [-0.05, 0) is 0 Å². The fraction of sp³-hybridized carbons (Fsp3) is 0. The van der Waals surface area contributed by atoms with Gasteiger partial charge in [0.2, 0.25) is 0 Å². The summed E-state index contributed by atoms with van der Waals surface area (Å²) in [5, 5.41) is 0. The van der Waals surface area contributed by atoms with Crippen LogP contribution in [0.5, 0.6) is 0 Å². The van der Waals surface area contributed by atoms with Crippen LogP contribution in [0.15, 0.2) is 6.08 Å². The summed E-state index contributed by atoms with van der Waals surface area (Å²) in [6, 6.07) is 0. The average Bonchev–Trinajstić information content (AvgIpc) is 1.39. The molecule has 0 N–H and O–H groups in total. The Kier molecular flexibility index (Phi) is 28.2. The molecule has 0 radical (unpaired) electrons. The van der Waals surface area contributed by atoms with Crippen LogP contribution in [0.25, 0.3) is 0 Å². The third kappa shape index (κ3) is 44.2. The summed E-state index contributed by atoms with van der Waals surface area (Å²) in [4.78, 5) is 0. The summed E-state index contributed by atoms with van der Waals surface area (Å²) in [7, 11) is 0. The predicted octanol–water partition coefficient (Wildman–Crippen LogP) is 0.802. The first-order chi connectivity index (χ1) is 2.83. The summed E-state index contributed by atoms with van der Waals surface area (Å²) >= 11 is 4.17. The molecule has 0 aliphatic heterocycles. The molecular formula is C3H4W3-2. The van der Waals surface area contributed by atoms with Gasteiger partial charge in [0.1, 0.15) is 0 Å². The first kappa shape index (κ1) is 10.6. The number of rotatable bonds is 0. The van der Waals surface area contributed by atoms with Crippen molar-refractivity contribution in [3.63, 3.8) is 0 Å². The molecule has 0 aliphatic rings. The van der Waals surface area contributed by atoms with Crippen LogP contribution in [0.2, 0.25) is 0 Å². The van der Waals surface area contributed by atoms with Crippen LogP contribution in [-0.4, -0.2) is 0 Å². The van der Waals surface area contributed by atoms with Gasteiger partial charge in [0.25, 0.3) is 0 Å². The molecular weight excluding hydrogens is 588 g/mol. The van der Waals surface area contributed by atoms with Crippen molar-refractivity contribution in [1.29, 1.82) is 0 Å². The summed E-state index contributed by atoms with van der Waals surface area (Å²) in [6.45, 7) is 7.75. The van der Waals surface area contributed by atoms with Gasteiger partial charge in [-0.1, -0.05) is 0 Å². The maximum atomic E-state index is 4.61. The van der Waals surface area contributed by atoms with Crippen molar-refractivity contribution in [2.45, 2.75) is 0 Å². The van der Waals surface area contributed by atoms with Crippen molar-refractivity contribution in [3.8, 4) is 0 Å². The first-order valence-corrected chi connectivity index (χ1v) is 23.1. The Balaban J connectivity index is 0. The van der Waals surface area contributed by atoms with E-state index in [0.717, 1.165) is 0 Å². The van der Waals surface area contributed by atoms with Gasteiger partial charge in [0, 0.05) is 0 Å². The number of hydrogen-bond acceptors (Lipinski definition) is 0. The first-order valence-electron chi connectivity index (χ1n) is 1.07. The van der Waals surface area contributed by atoms with E-state index < -0.39 is 0 Å². The van der Waals surface area contributed by atoms with Gasteiger partial charge in [0.05, 0.1) is 0 Å². The molecule has 36 valence electrons. The molecule has 0 spiro atoms. The predicted molar refractivity (Wildman–Crippen MR) is 14.2 cm³/mol. The van der Waals surface area contributed by atoms with Gasteiger partial charge in [-0.25, -0.2) is 0 Å². The van der Waals surface area contributed by atoms with E-state index in [9.17, 15) is 0 Å². The zero-order valence-corrected chi connectivity index (χ0v) is 11.9. The van der Waals surface area contributed by atoms with Crippen molar-refractivity contribution >= 4 is 0 Å². The van der Waals surface area contributed by atoms with Crippen LogP contribution in [-0.2, 0) is 43.8 Å². The molecule has 0 amide bonds. The average molecular weight is 592 g/mol. The Bertz CT molecular complexity index is 51.1. The minimum absolute atomic E-state index is 0.417. The second kappa shape index (κ2) is 15.9. The second-order valence-electron chi connectivity index (χ2n) is 0.304. The van der Waals surface area contributed by atoms with Crippen molar-refractivity contribution < 1.29 is 43.8 Å². The standard InChI is InChI=1S/C3H4.3W/c1-3-2;;;/h1,3H,2H2;;;/q-2;;;. The zero-order valence-electron chi connectivity index (χ0n) is 3.09. The van der Waals surface area contributed by atoms with Crippen molar-refractivity contribution in [3.05, 3.63) is 19.6 Å². The van der Waals surface area contributed by atoms with Crippen LogP contribution in [0.1, 0.15) is 0 Å². The van der Waals surface area contributed by atoms with Gasteiger partial charge in [-0.3, -0.25) is 0 Å². The molecule has 6 heavy (non-hydrogen) atoms. The molecule has 0 saturated carbocycles. The van der Waals surface area contributed by atoms with Crippen molar-refractivity contribution in [1.82, 2.24) is 0 Å². The summed E-state index contributed by atoms with van der Waals surface area (Å²) in [5.74, 6) is 0. The zero-order chi connectivity index (χ0) is 5.41. The van der Waals surface area contributed by atoms with Crippen molar-refractivity contribution in [2.75, 3.05) is 0 Å². The Hall–Kier alpha value is 1.67. The molecule has 0 aromatic carbocycles. The molecule has 0 atom stereocenters. The number of allylic oxidation sites excluding steroid dienone is 1. The van der Waals surface area contributed by atoms with Gasteiger partial charge in [-0.2, -0.15) is 0 Å². The second-order valence-corrected chi connectivity index (χ2v) is 37.6. The van der Waals surface area contributed by atoms with Crippen molar-refractivity contribution in [2.24, 2.45) is 0 Å². The molecule has 0 saturated heterocycles. The van der Waals surface area contributed by atoms with E-state index in [1.807, 2.05) is 32.4 Å². The van der Waals surface area contributed by atoms with E-state index in [-0.39, 0.29) is 0 Å². The van der Waals surface area contributed by atoms with Crippen LogP contribution in [0.3, 0.4) is 0 Å². The van der Waals surface area contributed by atoms with E-state index in [2.05, 4.69) is 13.5 Å². The molecule has 0 bridgehead atoms. The fourth-order valence-electron chi connectivity index (χ4n) is 0. The van der Waals surface area contributed by atoms with E-state index in [4.69, 9.17) is 0 Å². The molecule has 0 rings (SSSR count). The quantitative estimate of drug-likeness (QED) is 0.366. The summed E-state index contributed by atoms with van der Waals surface area (Å²) in [5.41, 5.74) is 0. The van der Waals surface area contributed by atoms with Crippen LogP contribution in [0, 0.1) is 13.5 Å². The summed E-state index contributed by atoms with van der Waals surface area (Å²) in [6.07, 6.45) is 1.25. The molecule has 0 aliphatic carbocycles. The van der Waals surface area contributed by atoms with Gasteiger partial charge in [0.15, 0.2) is 0 Å². The van der Waals surface area contributed by atoms with Crippen LogP contribution < -0.4 is 0 Å². The number of hydrogen-bond donors (Lipinski definition) is 0. The van der Waals surface area contributed by atoms with Gasteiger partial charge in [-0.15, -0.1) is 0 Å². The van der Waals surface area contributed by atoms with Crippen LogP contribution >= 0.6 is 0 Å². The Morgan fingerprint density at radius 2 is 1.67 bits per heavy atom. The molecule has 0 heterocycles. The topological polar surface area (TPSA) is 0 Å². The van der Waals surface area contributed by atoms with E-state index >= 15 is 0 Å². The van der Waals surface area contributed by atoms with E-state index in [0.29, 0.717) is 11.4 Å². The molecule has 0 aromatic rings. The third-order valence-electron chi connectivity index (χ3n) is 0. The van der Waals surface area contributed by atoms with Gasteiger partial charge >= 0.3 is 43.8 Å². The molecule has 0 fully saturated rings. The van der Waals surface area contributed by atoms with E-state index in [1.165, 1.54) is 6.08 Å². The molecule has 0 nitrogen and oxygen atoms in total. The van der Waals surface area contributed by atoms with E-state index in [1.54, 1.807) is 0 Å². The Morgan fingerprint density at radius 3 is 1.67 bits per heavy atom. The SMILES string of the molecule is [CH-]=C[CH2-].[W]=[W]=[W].